The van der Waals surface area contributed by atoms with Crippen LogP contribution in [0.25, 0.3) is 0 Å². The predicted molar refractivity (Wildman–Crippen MR) is 49.9 cm³/mol. The minimum absolute atomic E-state index is 0.121. The zero-order valence-corrected chi connectivity index (χ0v) is 7.87. The lowest BCUT2D eigenvalue weighted by Gasteiger charge is -1.99. The van der Waals surface area contributed by atoms with Crippen LogP contribution in [0.1, 0.15) is 28.4 Å². The largest absolute Gasteiger partial charge is 0.457 e. The molecule has 1 aromatic carbocycles. The van der Waals surface area contributed by atoms with Crippen LogP contribution in [0.15, 0.2) is 18.2 Å². The Balaban J connectivity index is 2.32. The Morgan fingerprint density at radius 3 is 3.00 bits per heavy atom. The molecule has 0 atom stereocenters. The third-order valence-electron chi connectivity index (χ3n) is 2.20. The first kappa shape index (κ1) is 8.94. The molecule has 0 N–H and O–H groups in total. The number of cyclic esters (lactones) is 1. The lowest BCUT2D eigenvalue weighted by atomic mass is 10.0. The van der Waals surface area contributed by atoms with Gasteiger partial charge in [0.1, 0.15) is 12.4 Å². The molecular formula is C11H10O3. The highest BCUT2D eigenvalue weighted by Crippen LogP contribution is 2.21. The molecule has 0 bridgehead atoms. The van der Waals surface area contributed by atoms with Crippen molar-refractivity contribution >= 4 is 11.8 Å². The summed E-state index contributed by atoms with van der Waals surface area (Å²) in [6.07, 6.45) is 0.418. The van der Waals surface area contributed by atoms with Crippen molar-refractivity contribution in [3.8, 4) is 0 Å². The summed E-state index contributed by atoms with van der Waals surface area (Å²) in [4.78, 5) is 22.0. The van der Waals surface area contributed by atoms with Gasteiger partial charge in [0.15, 0.2) is 0 Å². The topological polar surface area (TPSA) is 43.4 Å². The van der Waals surface area contributed by atoms with Gasteiger partial charge in [0.25, 0.3) is 0 Å². The van der Waals surface area contributed by atoms with Gasteiger partial charge in [-0.3, -0.25) is 4.79 Å². The number of ketones is 1. The molecule has 0 fully saturated rings. The van der Waals surface area contributed by atoms with Crippen molar-refractivity contribution in [2.75, 3.05) is 0 Å². The first-order valence-corrected chi connectivity index (χ1v) is 4.45. The van der Waals surface area contributed by atoms with Crippen LogP contribution in [-0.4, -0.2) is 11.8 Å². The monoisotopic (exact) mass is 190 g/mol. The van der Waals surface area contributed by atoms with Crippen LogP contribution >= 0.6 is 0 Å². The summed E-state index contributed by atoms with van der Waals surface area (Å²) in [6, 6.07) is 5.39. The molecule has 0 aliphatic carbocycles. The van der Waals surface area contributed by atoms with Gasteiger partial charge >= 0.3 is 5.97 Å². The van der Waals surface area contributed by atoms with E-state index in [9.17, 15) is 9.59 Å². The second-order valence-electron chi connectivity index (χ2n) is 3.45. The average Bonchev–Trinajstić information content (AvgIpc) is 2.46. The van der Waals surface area contributed by atoms with E-state index in [0.29, 0.717) is 18.6 Å². The minimum atomic E-state index is -0.269. The molecule has 0 unspecified atom stereocenters. The van der Waals surface area contributed by atoms with Crippen LogP contribution < -0.4 is 0 Å². The molecule has 0 saturated heterocycles. The molecule has 72 valence electrons. The first-order valence-electron chi connectivity index (χ1n) is 4.45. The number of hydrogen-bond donors (Lipinski definition) is 0. The summed E-state index contributed by atoms with van der Waals surface area (Å²) in [5, 5.41) is 0. The maximum atomic E-state index is 11.1. The molecule has 3 nitrogen and oxygen atoms in total. The average molecular weight is 190 g/mol. The molecule has 1 aromatic rings. The summed E-state index contributed by atoms with van der Waals surface area (Å²) < 4.78 is 4.86. The first-order chi connectivity index (χ1) is 6.66. The maximum absolute atomic E-state index is 11.1. The van der Waals surface area contributed by atoms with Gasteiger partial charge in [0, 0.05) is 12.0 Å². The van der Waals surface area contributed by atoms with Crippen LogP contribution in [0.4, 0.5) is 0 Å². The quantitative estimate of drug-likeness (QED) is 0.663. The summed E-state index contributed by atoms with van der Waals surface area (Å²) in [7, 11) is 0. The van der Waals surface area contributed by atoms with Crippen molar-refractivity contribution in [3.63, 3.8) is 0 Å². The highest BCUT2D eigenvalue weighted by atomic mass is 16.5. The number of ether oxygens (including phenoxy) is 1. The molecule has 2 rings (SSSR count). The Kier molecular flexibility index (Phi) is 2.08. The Labute approximate surface area is 81.7 Å². The molecule has 0 amide bonds. The van der Waals surface area contributed by atoms with Crippen LogP contribution in [0.2, 0.25) is 0 Å². The van der Waals surface area contributed by atoms with Gasteiger partial charge in [-0.2, -0.15) is 0 Å². The van der Waals surface area contributed by atoms with Gasteiger partial charge in [-0.25, -0.2) is 4.79 Å². The van der Waals surface area contributed by atoms with E-state index in [1.165, 1.54) is 0 Å². The van der Waals surface area contributed by atoms with Gasteiger partial charge < -0.3 is 4.74 Å². The van der Waals surface area contributed by atoms with Gasteiger partial charge in [-0.1, -0.05) is 12.1 Å². The van der Waals surface area contributed by atoms with E-state index in [-0.39, 0.29) is 11.8 Å². The third kappa shape index (κ3) is 1.53. The zero-order chi connectivity index (χ0) is 10.1. The van der Waals surface area contributed by atoms with Crippen molar-refractivity contribution in [1.82, 2.24) is 0 Å². The SMILES string of the molecule is CC(=O)Cc1ccc2c(c1)COC2=O. The molecule has 0 saturated carbocycles. The fourth-order valence-electron chi connectivity index (χ4n) is 1.58. The number of hydrogen-bond acceptors (Lipinski definition) is 3. The minimum Gasteiger partial charge on any atom is -0.457 e. The van der Waals surface area contributed by atoms with Gasteiger partial charge in [-0.15, -0.1) is 0 Å². The molecule has 0 aromatic heterocycles. The lowest BCUT2D eigenvalue weighted by molar-refractivity contribution is -0.116. The number of carbonyl (C=O) groups is 2. The Morgan fingerprint density at radius 2 is 2.29 bits per heavy atom. The van der Waals surface area contributed by atoms with E-state index >= 15 is 0 Å². The Morgan fingerprint density at radius 1 is 1.50 bits per heavy atom. The normalized spacial score (nSPS) is 13.6. The molecule has 1 heterocycles. The van der Waals surface area contributed by atoms with E-state index in [1.54, 1.807) is 19.1 Å². The zero-order valence-electron chi connectivity index (χ0n) is 7.87. The number of carbonyl (C=O) groups excluding carboxylic acids is 2. The van der Waals surface area contributed by atoms with E-state index in [1.807, 2.05) is 6.07 Å². The van der Waals surface area contributed by atoms with Crippen LogP contribution in [0, 0.1) is 0 Å². The van der Waals surface area contributed by atoms with Crippen molar-refractivity contribution in [2.24, 2.45) is 0 Å². The smallest absolute Gasteiger partial charge is 0.338 e. The van der Waals surface area contributed by atoms with Gasteiger partial charge in [-0.05, 0) is 18.6 Å². The molecule has 1 aliphatic rings. The molecule has 1 aliphatic heterocycles. The second-order valence-corrected chi connectivity index (χ2v) is 3.45. The molecule has 0 spiro atoms. The van der Waals surface area contributed by atoms with Gasteiger partial charge in [0.2, 0.25) is 0 Å². The summed E-state index contributed by atoms with van der Waals surface area (Å²) in [5.41, 5.74) is 2.45. The number of fused-ring (bicyclic) bond motifs is 1. The van der Waals surface area contributed by atoms with E-state index in [2.05, 4.69) is 0 Å². The van der Waals surface area contributed by atoms with Crippen molar-refractivity contribution < 1.29 is 14.3 Å². The number of benzene rings is 1. The predicted octanol–water partition coefficient (Wildman–Crippen LogP) is 1.49. The molecular weight excluding hydrogens is 180 g/mol. The standard InChI is InChI=1S/C11H10O3/c1-7(12)4-8-2-3-10-9(5-8)6-14-11(10)13/h2-3,5H,4,6H2,1H3. The number of Topliss-reactive ketones (excluding diaryl/α,β-unsaturated/α-hetero) is 1. The fourth-order valence-corrected chi connectivity index (χ4v) is 1.58. The fraction of sp³-hybridized carbons (Fsp3) is 0.273. The van der Waals surface area contributed by atoms with E-state index in [4.69, 9.17) is 4.74 Å². The summed E-state index contributed by atoms with van der Waals surface area (Å²) in [6.45, 7) is 1.88. The van der Waals surface area contributed by atoms with Crippen LogP contribution in [0.3, 0.4) is 0 Å². The number of esters is 1. The van der Waals surface area contributed by atoms with Crippen LogP contribution in [0.5, 0.6) is 0 Å². The van der Waals surface area contributed by atoms with Crippen LogP contribution in [-0.2, 0) is 22.6 Å². The third-order valence-corrected chi connectivity index (χ3v) is 2.20. The van der Waals surface area contributed by atoms with E-state index in [0.717, 1.165) is 11.1 Å². The van der Waals surface area contributed by atoms with E-state index < -0.39 is 0 Å². The highest BCUT2D eigenvalue weighted by molar-refractivity contribution is 5.93. The van der Waals surface area contributed by atoms with Crippen molar-refractivity contribution in [1.29, 1.82) is 0 Å². The second kappa shape index (κ2) is 3.25. The molecule has 3 heteroatoms. The lowest BCUT2D eigenvalue weighted by Crippen LogP contribution is -1.98. The van der Waals surface area contributed by atoms with Gasteiger partial charge in [0.05, 0.1) is 5.56 Å². The summed E-state index contributed by atoms with van der Waals surface area (Å²) in [5.74, 6) is -0.149. The summed E-state index contributed by atoms with van der Waals surface area (Å²) >= 11 is 0. The van der Waals surface area contributed by atoms with Crippen molar-refractivity contribution in [2.45, 2.75) is 20.0 Å². The van der Waals surface area contributed by atoms with Crippen molar-refractivity contribution in [3.05, 3.63) is 34.9 Å². The Hall–Kier alpha value is -1.64. The maximum Gasteiger partial charge on any atom is 0.338 e. The molecule has 14 heavy (non-hydrogen) atoms. The highest BCUT2D eigenvalue weighted by Gasteiger charge is 2.20. The molecule has 0 radical (unpaired) electrons. The Bertz CT molecular complexity index is 407. The number of rotatable bonds is 2.